The van der Waals surface area contributed by atoms with Crippen LogP contribution in [-0.2, 0) is 9.53 Å². The summed E-state index contributed by atoms with van der Waals surface area (Å²) in [4.78, 5) is 26.6. The van der Waals surface area contributed by atoms with E-state index in [2.05, 4.69) is 0 Å². The maximum Gasteiger partial charge on any atom is 0.410 e. The number of benzene rings is 1. The first-order valence-corrected chi connectivity index (χ1v) is 9.46. The third-order valence-corrected chi connectivity index (χ3v) is 5.72. The van der Waals surface area contributed by atoms with Crippen molar-refractivity contribution in [2.45, 2.75) is 64.0 Å². The quantitative estimate of drug-likeness (QED) is 0.827. The zero-order chi connectivity index (χ0) is 19.1. The molecule has 1 saturated carbocycles. The molecule has 0 radical (unpaired) electrons. The van der Waals surface area contributed by atoms with Crippen LogP contribution in [0.25, 0.3) is 0 Å². The van der Waals surface area contributed by atoms with Crippen molar-refractivity contribution in [3.8, 4) is 0 Å². The van der Waals surface area contributed by atoms with Crippen molar-refractivity contribution in [2.24, 2.45) is 5.41 Å². The molecule has 0 bridgehead atoms. The van der Waals surface area contributed by atoms with Gasteiger partial charge in [-0.05, 0) is 63.1 Å². The first-order valence-electron chi connectivity index (χ1n) is 9.08. The summed E-state index contributed by atoms with van der Waals surface area (Å²) < 4.78 is 5.57. The van der Waals surface area contributed by atoms with E-state index in [-0.39, 0.29) is 5.41 Å². The predicted octanol–water partition coefficient (Wildman–Crippen LogP) is 4.69. The maximum absolute atomic E-state index is 12.8. The number of carbonyl (C=O) groups excluding carboxylic acids is 1. The normalized spacial score (nSPS) is 22.8. The number of carboxylic acid groups (broad SMARTS) is 1. The summed E-state index contributed by atoms with van der Waals surface area (Å²) in [6, 6.07) is 6.45. The molecule has 26 heavy (non-hydrogen) atoms. The van der Waals surface area contributed by atoms with Gasteiger partial charge in [0.2, 0.25) is 0 Å². The van der Waals surface area contributed by atoms with Crippen LogP contribution in [0, 0.1) is 5.41 Å². The number of hydrogen-bond donors (Lipinski definition) is 1. The molecule has 2 aliphatic rings. The lowest BCUT2D eigenvalue weighted by Gasteiger charge is -2.38. The molecule has 0 aromatic heterocycles. The molecule has 1 unspecified atom stereocenters. The number of likely N-dealkylation sites (tertiary alicyclic amines) is 1. The molecule has 1 aromatic carbocycles. The molecule has 1 N–H and O–H groups in total. The predicted molar refractivity (Wildman–Crippen MR) is 99.5 cm³/mol. The topological polar surface area (TPSA) is 66.8 Å². The maximum atomic E-state index is 12.8. The number of amides is 1. The Labute approximate surface area is 159 Å². The molecule has 142 valence electrons. The van der Waals surface area contributed by atoms with E-state index in [1.165, 1.54) is 0 Å². The van der Waals surface area contributed by atoms with Crippen molar-refractivity contribution in [1.29, 1.82) is 0 Å². The fourth-order valence-electron chi connectivity index (χ4n) is 4.15. The van der Waals surface area contributed by atoms with E-state index in [0.717, 1.165) is 19.3 Å². The van der Waals surface area contributed by atoms with Gasteiger partial charge in [0.05, 0.1) is 6.04 Å². The fourth-order valence-corrected chi connectivity index (χ4v) is 4.28. The van der Waals surface area contributed by atoms with Crippen molar-refractivity contribution in [1.82, 2.24) is 4.90 Å². The van der Waals surface area contributed by atoms with Crippen LogP contribution in [0.1, 0.15) is 57.9 Å². The Morgan fingerprint density at radius 3 is 2.35 bits per heavy atom. The third-order valence-electron chi connectivity index (χ3n) is 5.47. The first kappa shape index (κ1) is 19.0. The lowest BCUT2D eigenvalue weighted by Crippen LogP contribution is -2.44. The van der Waals surface area contributed by atoms with Gasteiger partial charge in [0.1, 0.15) is 11.5 Å². The molecule has 1 amide bonds. The average molecular weight is 380 g/mol. The van der Waals surface area contributed by atoms with E-state index < -0.39 is 29.6 Å². The summed E-state index contributed by atoms with van der Waals surface area (Å²) in [5, 5.41) is 10.5. The number of halogens is 1. The summed E-state index contributed by atoms with van der Waals surface area (Å²) in [6.45, 7) is 6.04. The van der Waals surface area contributed by atoms with Crippen molar-refractivity contribution < 1.29 is 19.4 Å². The van der Waals surface area contributed by atoms with Crippen LogP contribution in [0.5, 0.6) is 0 Å². The van der Waals surface area contributed by atoms with Gasteiger partial charge in [-0.3, -0.25) is 4.79 Å². The summed E-state index contributed by atoms with van der Waals surface area (Å²) >= 11 is 5.95. The Balaban J connectivity index is 1.92. The van der Waals surface area contributed by atoms with Gasteiger partial charge in [0.15, 0.2) is 0 Å². The molecule has 2 atom stereocenters. The molecule has 1 heterocycles. The monoisotopic (exact) mass is 379 g/mol. The number of aliphatic carboxylic acids is 1. The van der Waals surface area contributed by atoms with Gasteiger partial charge < -0.3 is 14.7 Å². The summed E-state index contributed by atoms with van der Waals surface area (Å²) in [7, 11) is 0. The van der Waals surface area contributed by atoms with Gasteiger partial charge in [-0.15, -0.1) is 0 Å². The summed E-state index contributed by atoms with van der Waals surface area (Å²) in [5.41, 5.74) is 0.0920. The Bertz CT molecular complexity index is 691. The van der Waals surface area contributed by atoms with Crippen LogP contribution < -0.4 is 0 Å². The van der Waals surface area contributed by atoms with Crippen LogP contribution in [0.15, 0.2) is 24.3 Å². The third kappa shape index (κ3) is 3.83. The average Bonchev–Trinajstić information content (AvgIpc) is 2.88. The molecule has 1 aromatic rings. The van der Waals surface area contributed by atoms with Crippen LogP contribution in [0.3, 0.4) is 0 Å². The Kier molecular flexibility index (Phi) is 4.95. The van der Waals surface area contributed by atoms with Crippen molar-refractivity contribution in [3.63, 3.8) is 0 Å². The molecule has 1 spiro atoms. The molecular weight excluding hydrogens is 354 g/mol. The van der Waals surface area contributed by atoms with Crippen molar-refractivity contribution >= 4 is 23.7 Å². The smallest absolute Gasteiger partial charge is 0.410 e. The van der Waals surface area contributed by atoms with E-state index in [4.69, 9.17) is 16.3 Å². The molecule has 1 aliphatic heterocycles. The molecule has 6 heteroatoms. The van der Waals surface area contributed by atoms with E-state index in [0.29, 0.717) is 23.6 Å². The zero-order valence-electron chi connectivity index (χ0n) is 15.5. The van der Waals surface area contributed by atoms with Gasteiger partial charge in [0.25, 0.3) is 0 Å². The van der Waals surface area contributed by atoms with Crippen LogP contribution in [0.2, 0.25) is 5.02 Å². The van der Waals surface area contributed by atoms with Crippen molar-refractivity contribution in [3.05, 3.63) is 34.9 Å². The second kappa shape index (κ2) is 6.76. The minimum atomic E-state index is -0.928. The molecule has 2 fully saturated rings. The molecule has 5 nitrogen and oxygen atoms in total. The van der Waals surface area contributed by atoms with Gasteiger partial charge in [-0.2, -0.15) is 0 Å². The minimum Gasteiger partial charge on any atom is -0.481 e. The Morgan fingerprint density at radius 1 is 1.27 bits per heavy atom. The lowest BCUT2D eigenvalue weighted by molar-refractivity contribution is -0.140. The number of rotatable bonds is 3. The highest BCUT2D eigenvalue weighted by molar-refractivity contribution is 6.30. The highest BCUT2D eigenvalue weighted by atomic mass is 35.5. The molecular formula is C20H26ClNO4. The number of carboxylic acids is 1. The Hall–Kier alpha value is -1.75. The van der Waals surface area contributed by atoms with Gasteiger partial charge >= 0.3 is 12.1 Å². The van der Waals surface area contributed by atoms with Crippen molar-refractivity contribution in [2.75, 3.05) is 6.54 Å². The zero-order valence-corrected chi connectivity index (χ0v) is 16.3. The van der Waals surface area contributed by atoms with E-state index in [1.54, 1.807) is 29.2 Å². The summed E-state index contributed by atoms with van der Waals surface area (Å²) in [5.74, 6) is -1.72. The second-order valence-electron chi connectivity index (χ2n) is 8.60. The number of nitrogens with zero attached hydrogens (tertiary/aromatic N) is 1. The fraction of sp³-hybridized carbons (Fsp3) is 0.600. The number of hydrogen-bond acceptors (Lipinski definition) is 3. The highest BCUT2D eigenvalue weighted by Crippen LogP contribution is 2.53. The van der Waals surface area contributed by atoms with Crippen LogP contribution in [-0.4, -0.2) is 40.3 Å². The van der Waals surface area contributed by atoms with E-state index in [9.17, 15) is 14.7 Å². The second-order valence-corrected chi connectivity index (χ2v) is 9.04. The van der Waals surface area contributed by atoms with Crippen LogP contribution >= 0.6 is 11.6 Å². The molecule has 1 aliphatic carbocycles. The van der Waals surface area contributed by atoms with Gasteiger partial charge in [-0.1, -0.05) is 30.2 Å². The van der Waals surface area contributed by atoms with Crippen LogP contribution in [0.4, 0.5) is 4.79 Å². The molecule has 3 rings (SSSR count). The molecule has 1 saturated heterocycles. The largest absolute Gasteiger partial charge is 0.481 e. The highest BCUT2D eigenvalue weighted by Gasteiger charge is 2.53. The number of ether oxygens (including phenoxy) is 1. The Morgan fingerprint density at radius 2 is 1.88 bits per heavy atom. The van der Waals surface area contributed by atoms with Gasteiger partial charge in [0, 0.05) is 11.6 Å². The minimum absolute atomic E-state index is 0.0433. The van der Waals surface area contributed by atoms with Gasteiger partial charge in [-0.25, -0.2) is 4.79 Å². The van der Waals surface area contributed by atoms with E-state index >= 15 is 0 Å². The first-order chi connectivity index (χ1) is 12.1. The summed E-state index contributed by atoms with van der Waals surface area (Å²) in [6.07, 6.45) is 3.48. The van der Waals surface area contributed by atoms with E-state index in [1.807, 2.05) is 20.8 Å². The lowest BCUT2D eigenvalue weighted by atomic mass is 9.66. The number of carbonyl (C=O) groups is 2. The SMILES string of the molecule is CC(C)(C)OC(=O)N1CC2(CCC2)CC1[C@@H](C(=O)O)c1ccc(Cl)cc1. The standard InChI is InChI=1S/C20H26ClNO4/c1-19(2,3)26-18(25)22-12-20(9-4-10-20)11-15(22)16(17(23)24)13-5-7-14(21)8-6-13/h5-8,15-16H,4,9-12H2,1-3H3,(H,23,24)/t15?,16-/m0/s1.